The zero-order valence-corrected chi connectivity index (χ0v) is 23.0. The van der Waals surface area contributed by atoms with E-state index >= 15 is 0 Å². The van der Waals surface area contributed by atoms with Crippen molar-refractivity contribution in [1.29, 1.82) is 0 Å². The predicted octanol–water partition coefficient (Wildman–Crippen LogP) is 4.22. The topological polar surface area (TPSA) is 110 Å². The minimum absolute atomic E-state index is 0.0242. The maximum atomic E-state index is 13.2. The Morgan fingerprint density at radius 1 is 1.19 bits per heavy atom. The van der Waals surface area contributed by atoms with Crippen LogP contribution in [0.2, 0.25) is 0 Å². The standard InChI is InChI=1S/C30H42O7/c1-7-8-9-10-11-12-24(32)37-29-15-19(3)30(35)22(25(29)27(29,5)6)14-21(17-36-20(4)31)16-28(34)23(30)13-18(2)26(28)33/h11-14,19,22-23,25,34-35H,7-10,15-17H2,1-6H3/b12-11+/t19-,22+,23-,25-,28-,29+,30-/m1/s1. The van der Waals surface area contributed by atoms with Gasteiger partial charge in [-0.15, -0.1) is 0 Å². The van der Waals surface area contributed by atoms with Crippen molar-refractivity contribution >= 4 is 17.7 Å². The SMILES string of the molecule is CCCCC/C=C/C(=O)O[C@@]12C[C@@H](C)[C@@]3(O)[C@@H](C=C(COC(C)=O)C[C@]4(O)C(=O)C(C)=C[C@@H]34)[C@@H]1C2(C)C. The second-order valence-corrected chi connectivity index (χ2v) is 12.3. The Morgan fingerprint density at radius 2 is 1.89 bits per heavy atom. The molecule has 4 rings (SSSR count). The van der Waals surface area contributed by atoms with E-state index in [1.165, 1.54) is 13.0 Å². The molecule has 7 nitrogen and oxygen atoms in total. The van der Waals surface area contributed by atoms with E-state index in [0.717, 1.165) is 25.7 Å². The second-order valence-electron chi connectivity index (χ2n) is 12.3. The lowest BCUT2D eigenvalue weighted by atomic mass is 9.60. The van der Waals surface area contributed by atoms with E-state index in [0.29, 0.717) is 17.6 Å². The number of ether oxygens (including phenoxy) is 2. The first kappa shape index (κ1) is 27.8. The van der Waals surface area contributed by atoms with Crippen LogP contribution in [0.4, 0.5) is 0 Å². The molecule has 0 aromatic carbocycles. The average Bonchev–Trinajstić information content (AvgIpc) is 3.21. The first-order valence-corrected chi connectivity index (χ1v) is 13.7. The molecule has 7 atom stereocenters. The summed E-state index contributed by atoms with van der Waals surface area (Å²) in [5.41, 5.74) is -3.45. The van der Waals surface area contributed by atoms with Gasteiger partial charge in [-0.25, -0.2) is 4.79 Å². The number of Topliss-reactive ketones (excluding diaryl/α,β-unsaturated/α-hetero) is 1. The number of esters is 2. The lowest BCUT2D eigenvalue weighted by molar-refractivity contribution is -0.185. The molecule has 0 spiro atoms. The minimum Gasteiger partial charge on any atom is -0.461 e. The van der Waals surface area contributed by atoms with Crippen LogP contribution in [0, 0.1) is 29.1 Å². The maximum absolute atomic E-state index is 13.2. The Labute approximate surface area is 220 Å². The van der Waals surface area contributed by atoms with E-state index in [-0.39, 0.29) is 30.8 Å². The molecule has 0 unspecified atom stereocenters. The van der Waals surface area contributed by atoms with Gasteiger partial charge in [0.05, 0.1) is 5.60 Å². The van der Waals surface area contributed by atoms with Crippen molar-refractivity contribution in [1.82, 2.24) is 0 Å². The number of fused-ring (bicyclic) bond motifs is 5. The highest BCUT2D eigenvalue weighted by atomic mass is 16.6. The summed E-state index contributed by atoms with van der Waals surface area (Å²) in [5.74, 6) is -3.18. The van der Waals surface area contributed by atoms with Gasteiger partial charge in [0.15, 0.2) is 5.78 Å². The highest BCUT2D eigenvalue weighted by Gasteiger charge is 2.83. The molecule has 0 aromatic heterocycles. The zero-order chi connectivity index (χ0) is 27.4. The maximum Gasteiger partial charge on any atom is 0.331 e. The number of unbranched alkanes of at least 4 members (excludes halogenated alkanes) is 3. The largest absolute Gasteiger partial charge is 0.461 e. The van der Waals surface area contributed by atoms with E-state index in [2.05, 4.69) is 6.92 Å². The molecule has 0 bridgehead atoms. The van der Waals surface area contributed by atoms with Gasteiger partial charge >= 0.3 is 11.9 Å². The van der Waals surface area contributed by atoms with Gasteiger partial charge < -0.3 is 19.7 Å². The van der Waals surface area contributed by atoms with E-state index in [1.54, 1.807) is 13.0 Å². The summed E-state index contributed by atoms with van der Waals surface area (Å²) < 4.78 is 11.5. The molecule has 2 fully saturated rings. The summed E-state index contributed by atoms with van der Waals surface area (Å²) in [6.07, 6.45) is 11.4. The second kappa shape index (κ2) is 9.49. The number of aliphatic hydroxyl groups is 2. The molecule has 4 aliphatic rings. The fourth-order valence-corrected chi connectivity index (χ4v) is 7.69. The lowest BCUT2D eigenvalue weighted by Gasteiger charge is -2.50. The predicted molar refractivity (Wildman–Crippen MR) is 138 cm³/mol. The van der Waals surface area contributed by atoms with Gasteiger partial charge in [-0.3, -0.25) is 9.59 Å². The summed E-state index contributed by atoms with van der Waals surface area (Å²) in [5, 5.41) is 24.2. The zero-order valence-electron chi connectivity index (χ0n) is 23.0. The van der Waals surface area contributed by atoms with Gasteiger partial charge in [-0.2, -0.15) is 0 Å². The first-order valence-electron chi connectivity index (χ1n) is 13.7. The van der Waals surface area contributed by atoms with Crippen molar-refractivity contribution in [3.63, 3.8) is 0 Å². The van der Waals surface area contributed by atoms with Crippen LogP contribution in [0.3, 0.4) is 0 Å². The average molecular weight is 515 g/mol. The van der Waals surface area contributed by atoms with Crippen molar-refractivity contribution < 1.29 is 34.1 Å². The molecule has 0 saturated heterocycles. The van der Waals surface area contributed by atoms with Crippen LogP contribution < -0.4 is 0 Å². The van der Waals surface area contributed by atoms with Crippen LogP contribution in [-0.4, -0.2) is 51.3 Å². The number of carbonyl (C=O) groups excluding carboxylic acids is 3. The van der Waals surface area contributed by atoms with Crippen molar-refractivity contribution in [2.45, 2.75) is 96.9 Å². The Morgan fingerprint density at radius 3 is 2.54 bits per heavy atom. The fourth-order valence-electron chi connectivity index (χ4n) is 7.69. The molecule has 37 heavy (non-hydrogen) atoms. The van der Waals surface area contributed by atoms with Gasteiger partial charge in [0, 0.05) is 42.6 Å². The Bertz CT molecular complexity index is 1070. The van der Waals surface area contributed by atoms with Crippen LogP contribution in [0.15, 0.2) is 35.5 Å². The van der Waals surface area contributed by atoms with Crippen molar-refractivity contribution in [2.75, 3.05) is 6.61 Å². The smallest absolute Gasteiger partial charge is 0.331 e. The van der Waals surface area contributed by atoms with Gasteiger partial charge in [0.2, 0.25) is 0 Å². The van der Waals surface area contributed by atoms with Gasteiger partial charge in [0.25, 0.3) is 0 Å². The summed E-state index contributed by atoms with van der Waals surface area (Å²) in [4.78, 5) is 37.7. The molecule has 2 saturated carbocycles. The van der Waals surface area contributed by atoms with Crippen molar-refractivity contribution in [3.8, 4) is 0 Å². The highest BCUT2D eigenvalue weighted by molar-refractivity contribution is 6.04. The third kappa shape index (κ3) is 4.22. The summed E-state index contributed by atoms with van der Waals surface area (Å²) in [6.45, 7) is 11.0. The molecule has 0 heterocycles. The molecule has 0 aromatic rings. The van der Waals surface area contributed by atoms with E-state index in [4.69, 9.17) is 9.47 Å². The summed E-state index contributed by atoms with van der Waals surface area (Å²) >= 11 is 0. The van der Waals surface area contributed by atoms with Crippen molar-refractivity contribution in [2.24, 2.45) is 29.1 Å². The van der Waals surface area contributed by atoms with Gasteiger partial charge in [-0.05, 0) is 43.3 Å². The van der Waals surface area contributed by atoms with Crippen LogP contribution >= 0.6 is 0 Å². The number of allylic oxidation sites excluding steroid dienone is 1. The number of carbonyl (C=O) groups is 3. The van der Waals surface area contributed by atoms with E-state index < -0.39 is 45.8 Å². The lowest BCUT2D eigenvalue weighted by Crippen LogP contribution is -2.61. The summed E-state index contributed by atoms with van der Waals surface area (Å²) in [6, 6.07) is 0. The van der Waals surface area contributed by atoms with E-state index in [9.17, 15) is 24.6 Å². The Balaban J connectivity index is 1.71. The molecule has 0 amide bonds. The van der Waals surface area contributed by atoms with Crippen LogP contribution in [-0.2, 0) is 23.9 Å². The minimum atomic E-state index is -1.81. The Kier molecular flexibility index (Phi) is 7.13. The molecule has 2 N–H and O–H groups in total. The number of hydrogen-bond acceptors (Lipinski definition) is 7. The van der Waals surface area contributed by atoms with Gasteiger partial charge in [-0.1, -0.05) is 58.8 Å². The quantitative estimate of drug-likeness (QED) is 0.216. The van der Waals surface area contributed by atoms with Crippen LogP contribution in [0.5, 0.6) is 0 Å². The first-order chi connectivity index (χ1) is 17.3. The molecular weight excluding hydrogens is 472 g/mol. The molecular formula is C30H42O7. The molecule has 0 aliphatic heterocycles. The third-order valence-electron chi connectivity index (χ3n) is 9.64. The van der Waals surface area contributed by atoms with Gasteiger partial charge in [0.1, 0.15) is 17.8 Å². The number of rotatable bonds is 8. The van der Waals surface area contributed by atoms with Crippen molar-refractivity contribution in [3.05, 3.63) is 35.5 Å². The van der Waals surface area contributed by atoms with Crippen LogP contribution in [0.25, 0.3) is 0 Å². The molecule has 4 aliphatic carbocycles. The number of ketones is 1. The fraction of sp³-hybridized carbons (Fsp3) is 0.700. The normalized spacial score (nSPS) is 39.6. The molecule has 204 valence electrons. The third-order valence-corrected chi connectivity index (χ3v) is 9.64. The Hall–Kier alpha value is -2.25. The van der Waals surface area contributed by atoms with Crippen LogP contribution in [0.1, 0.15) is 80.1 Å². The summed E-state index contributed by atoms with van der Waals surface area (Å²) in [7, 11) is 0. The molecule has 0 radical (unpaired) electrons. The van der Waals surface area contributed by atoms with E-state index in [1.807, 2.05) is 32.9 Å². The highest BCUT2D eigenvalue weighted by Crippen LogP contribution is 2.76. The number of hydrogen-bond donors (Lipinski definition) is 2. The molecule has 7 heteroatoms. The monoisotopic (exact) mass is 514 g/mol.